The third-order valence-corrected chi connectivity index (χ3v) is 2.61. The van der Waals surface area contributed by atoms with Crippen LogP contribution >= 0.6 is 0 Å². The first-order chi connectivity index (χ1) is 8.10. The molecular weight excluding hydrogens is 228 g/mol. The van der Waals surface area contributed by atoms with Gasteiger partial charge in [0.25, 0.3) is 0 Å². The van der Waals surface area contributed by atoms with Crippen molar-refractivity contribution in [2.24, 2.45) is 0 Å². The number of unbranched alkanes of at least 4 members (excludes halogenated alkanes) is 1. The highest BCUT2D eigenvalue weighted by molar-refractivity contribution is 5.77. The van der Waals surface area contributed by atoms with E-state index >= 15 is 0 Å². The molecule has 0 atom stereocenters. The van der Waals surface area contributed by atoms with Crippen molar-refractivity contribution < 1.29 is 9.59 Å². The molecule has 1 N–H and O–H groups in total. The number of carbonyl (C=O) groups is 1. The summed E-state index contributed by atoms with van der Waals surface area (Å²) in [5.41, 5.74) is -0.353. The molecule has 0 saturated heterocycles. The number of hydrogen-bond donors (Lipinski definition) is 1. The van der Waals surface area contributed by atoms with Crippen LogP contribution in [-0.2, 0) is 9.59 Å². The first-order valence-corrected chi connectivity index (χ1v) is 6.54. The van der Waals surface area contributed by atoms with Crippen molar-refractivity contribution in [1.82, 2.24) is 10.2 Å². The van der Waals surface area contributed by atoms with Gasteiger partial charge < -0.3 is 10.2 Å². The molecule has 0 bridgehead atoms. The second kappa shape index (κ2) is 6.76. The topological polar surface area (TPSA) is 49.4 Å². The summed E-state index contributed by atoms with van der Waals surface area (Å²) in [4.78, 5) is 24.2. The van der Waals surface area contributed by atoms with Crippen LogP contribution in [-0.4, -0.2) is 34.8 Å². The van der Waals surface area contributed by atoms with E-state index in [0.717, 1.165) is 12.8 Å². The molecule has 0 saturated carbocycles. The summed E-state index contributed by atoms with van der Waals surface area (Å²) in [6, 6.07) is 0. The Hall–Kier alpha value is -1.06. The molecule has 4 nitrogen and oxygen atoms in total. The van der Waals surface area contributed by atoms with Gasteiger partial charge in [-0.2, -0.15) is 0 Å². The maximum Gasteiger partial charge on any atom is 0.309 e. The zero-order valence-electron chi connectivity index (χ0n) is 12.6. The predicted octanol–water partition coefficient (Wildman–Crippen LogP) is 2.24. The monoisotopic (exact) mass is 255 g/mol. The van der Waals surface area contributed by atoms with E-state index in [1.54, 1.807) is 6.41 Å². The first-order valence-electron chi connectivity index (χ1n) is 6.54. The van der Waals surface area contributed by atoms with Crippen LogP contribution in [0.2, 0.25) is 0 Å². The van der Waals surface area contributed by atoms with Crippen molar-refractivity contribution in [1.29, 1.82) is 0 Å². The fourth-order valence-electron chi connectivity index (χ4n) is 2.41. The Balaban J connectivity index is 4.38. The molecule has 0 aromatic carbocycles. The van der Waals surface area contributed by atoms with Crippen LogP contribution in [0.25, 0.3) is 0 Å². The molecular formula is C14H27N2O2. The van der Waals surface area contributed by atoms with Gasteiger partial charge in [0, 0.05) is 24.0 Å². The highest BCUT2D eigenvalue weighted by Gasteiger charge is 2.34. The summed E-state index contributed by atoms with van der Waals surface area (Å²) in [5.74, 6) is 0.171. The average molecular weight is 255 g/mol. The number of rotatable bonds is 6. The number of nitrogens with zero attached hydrogens (tertiary/aromatic N) is 1. The molecule has 4 heteroatoms. The number of nitrogens with one attached hydrogen (secondary N) is 1. The molecule has 1 radical (unpaired) electrons. The summed E-state index contributed by atoms with van der Waals surface area (Å²) in [6.45, 7) is 12.9. The van der Waals surface area contributed by atoms with Crippen molar-refractivity contribution in [2.75, 3.05) is 6.54 Å². The average Bonchev–Trinajstić information content (AvgIpc) is 2.12. The largest absolute Gasteiger partial charge is 0.348 e. The summed E-state index contributed by atoms with van der Waals surface area (Å²) < 4.78 is 0. The van der Waals surface area contributed by atoms with Gasteiger partial charge in [0.15, 0.2) is 0 Å². The normalized spacial score (nSPS) is 12.1. The van der Waals surface area contributed by atoms with Gasteiger partial charge in [0.2, 0.25) is 5.91 Å². The van der Waals surface area contributed by atoms with Crippen molar-refractivity contribution in [3.8, 4) is 0 Å². The minimum atomic E-state index is -0.176. The maximum absolute atomic E-state index is 12.3. The third kappa shape index (κ3) is 6.03. The van der Waals surface area contributed by atoms with Gasteiger partial charge in [-0.1, -0.05) is 0 Å². The maximum atomic E-state index is 12.3. The Morgan fingerprint density at radius 2 is 1.56 bits per heavy atom. The lowest BCUT2D eigenvalue weighted by Crippen LogP contribution is -2.55. The summed E-state index contributed by atoms with van der Waals surface area (Å²) in [6.07, 6.45) is 3.75. The van der Waals surface area contributed by atoms with E-state index < -0.39 is 0 Å². The summed E-state index contributed by atoms with van der Waals surface area (Å²) in [5, 5.41) is 2.48. The van der Waals surface area contributed by atoms with E-state index in [1.165, 1.54) is 0 Å². The Morgan fingerprint density at radius 3 is 1.94 bits per heavy atom. The standard InChI is InChI=1S/C14H27N2O2/c1-13(2,3)16(14(4,5)6)12(18)9-7-8-10-15-11-17/h7-10H2,1-6H3,(H,15,17). The zero-order chi connectivity index (χ0) is 14.4. The SMILES string of the molecule is CC(C)(C)N(C(=O)CCCCN[C]=O)C(C)(C)C. The van der Waals surface area contributed by atoms with Crippen LogP contribution in [0.15, 0.2) is 0 Å². The minimum Gasteiger partial charge on any atom is -0.348 e. The molecule has 0 heterocycles. The molecule has 0 aromatic heterocycles. The van der Waals surface area contributed by atoms with Gasteiger partial charge in [-0.3, -0.25) is 9.59 Å². The lowest BCUT2D eigenvalue weighted by Gasteiger charge is -2.45. The lowest BCUT2D eigenvalue weighted by atomic mass is 9.95. The molecule has 0 spiro atoms. The fraction of sp³-hybridized carbons (Fsp3) is 0.857. The highest BCUT2D eigenvalue weighted by Crippen LogP contribution is 2.26. The Morgan fingerprint density at radius 1 is 1.06 bits per heavy atom. The van der Waals surface area contributed by atoms with Crippen LogP contribution in [0.1, 0.15) is 60.8 Å². The van der Waals surface area contributed by atoms with Crippen LogP contribution in [0.4, 0.5) is 0 Å². The quantitative estimate of drug-likeness (QED) is 0.584. The van der Waals surface area contributed by atoms with Crippen molar-refractivity contribution in [2.45, 2.75) is 71.9 Å². The molecule has 105 valence electrons. The van der Waals surface area contributed by atoms with Gasteiger partial charge in [-0.25, -0.2) is 0 Å². The molecule has 0 aliphatic carbocycles. The Kier molecular flexibility index (Phi) is 6.36. The molecule has 0 aromatic rings. The van der Waals surface area contributed by atoms with Crippen LogP contribution in [0, 0.1) is 0 Å². The van der Waals surface area contributed by atoms with E-state index in [2.05, 4.69) is 46.9 Å². The lowest BCUT2D eigenvalue weighted by molar-refractivity contribution is -0.142. The molecule has 0 aliphatic rings. The molecule has 2 amide bonds. The summed E-state index contributed by atoms with van der Waals surface area (Å²) in [7, 11) is 0. The molecule has 0 fully saturated rings. The third-order valence-electron chi connectivity index (χ3n) is 2.61. The Labute approximate surface area is 111 Å². The smallest absolute Gasteiger partial charge is 0.309 e. The zero-order valence-corrected chi connectivity index (χ0v) is 12.6. The second-order valence-electron chi connectivity index (χ2n) is 6.56. The van der Waals surface area contributed by atoms with Gasteiger partial charge in [0.05, 0.1) is 0 Å². The van der Waals surface area contributed by atoms with Crippen molar-refractivity contribution in [3.63, 3.8) is 0 Å². The van der Waals surface area contributed by atoms with Crippen LogP contribution in [0.3, 0.4) is 0 Å². The highest BCUT2D eigenvalue weighted by atomic mass is 16.2. The van der Waals surface area contributed by atoms with E-state index in [-0.39, 0.29) is 17.0 Å². The van der Waals surface area contributed by atoms with Gasteiger partial charge >= 0.3 is 6.41 Å². The summed E-state index contributed by atoms with van der Waals surface area (Å²) >= 11 is 0. The number of hydrogen-bond acceptors (Lipinski definition) is 2. The van der Waals surface area contributed by atoms with Crippen molar-refractivity contribution in [3.05, 3.63) is 0 Å². The van der Waals surface area contributed by atoms with Gasteiger partial charge in [0.1, 0.15) is 0 Å². The molecule has 0 rings (SSSR count). The van der Waals surface area contributed by atoms with E-state index in [1.807, 2.05) is 4.90 Å². The number of amides is 2. The first kappa shape index (κ1) is 16.9. The van der Waals surface area contributed by atoms with Crippen LogP contribution < -0.4 is 5.32 Å². The Bertz CT molecular complexity index is 260. The van der Waals surface area contributed by atoms with Crippen molar-refractivity contribution >= 4 is 12.3 Å². The van der Waals surface area contributed by atoms with Gasteiger partial charge in [-0.05, 0) is 54.4 Å². The molecule has 18 heavy (non-hydrogen) atoms. The molecule has 0 unspecified atom stereocenters. The predicted molar refractivity (Wildman–Crippen MR) is 73.9 cm³/mol. The second-order valence-corrected chi connectivity index (χ2v) is 6.56. The van der Waals surface area contributed by atoms with E-state index in [9.17, 15) is 9.59 Å². The minimum absolute atomic E-state index is 0.171. The van der Waals surface area contributed by atoms with Crippen LogP contribution in [0.5, 0.6) is 0 Å². The molecule has 0 aliphatic heterocycles. The van der Waals surface area contributed by atoms with Gasteiger partial charge in [-0.15, -0.1) is 0 Å². The number of carbonyl (C=O) groups excluding carboxylic acids is 2. The fourth-order valence-corrected chi connectivity index (χ4v) is 2.41. The van der Waals surface area contributed by atoms with E-state index in [4.69, 9.17) is 0 Å². The van der Waals surface area contributed by atoms with E-state index in [0.29, 0.717) is 13.0 Å².